The second-order valence-electron chi connectivity index (χ2n) is 8.36. The van der Waals surface area contributed by atoms with Crippen molar-refractivity contribution in [2.24, 2.45) is 0 Å². The number of ether oxygens (including phenoxy) is 2. The molecule has 1 N–H and O–H groups in total. The number of aromatic nitrogens is 2. The van der Waals surface area contributed by atoms with Crippen LogP contribution < -0.4 is 5.62 Å². The lowest BCUT2D eigenvalue weighted by atomic mass is 10.1. The van der Waals surface area contributed by atoms with E-state index in [2.05, 4.69) is 34.6 Å². The summed E-state index contributed by atoms with van der Waals surface area (Å²) in [6, 6.07) is 8.31. The Morgan fingerprint density at radius 3 is 2.20 bits per heavy atom. The lowest BCUT2D eigenvalue weighted by molar-refractivity contribution is 0.0362. The normalized spacial score (nSPS) is 15.2. The van der Waals surface area contributed by atoms with E-state index in [1.165, 1.54) is 44.9 Å². The van der Waals surface area contributed by atoms with E-state index in [4.69, 9.17) is 14.9 Å². The number of benzene rings is 1. The SMILES string of the molecule is CCCCCCCCCCOCn1c(=N)n(CCN2CCOCC2)c2ccccc21. The zero-order valence-electron chi connectivity index (χ0n) is 18.8. The molecule has 168 valence electrons. The van der Waals surface area contributed by atoms with Crippen molar-refractivity contribution in [2.75, 3.05) is 39.5 Å². The smallest absolute Gasteiger partial charge is 0.204 e. The van der Waals surface area contributed by atoms with E-state index >= 15 is 0 Å². The predicted octanol–water partition coefficient (Wildman–Crippen LogP) is 4.37. The molecule has 0 saturated carbocycles. The van der Waals surface area contributed by atoms with Gasteiger partial charge in [0.2, 0.25) is 5.62 Å². The van der Waals surface area contributed by atoms with E-state index in [9.17, 15) is 0 Å². The number of unbranched alkanes of at least 4 members (excludes halogenated alkanes) is 7. The number of hydrogen-bond donors (Lipinski definition) is 1. The highest BCUT2D eigenvalue weighted by molar-refractivity contribution is 5.75. The standard InChI is InChI=1S/C24H40N4O2/c1-2-3-4-5-6-7-8-11-18-30-21-28-23-13-10-9-12-22(23)27(24(28)25)15-14-26-16-19-29-20-17-26/h9-10,12-13,25H,2-8,11,14-21H2,1H3. The van der Waals surface area contributed by atoms with E-state index in [1.807, 2.05) is 10.6 Å². The van der Waals surface area contributed by atoms with Gasteiger partial charge in [-0.15, -0.1) is 0 Å². The Morgan fingerprint density at radius 1 is 0.867 bits per heavy atom. The maximum Gasteiger partial charge on any atom is 0.204 e. The van der Waals surface area contributed by atoms with Crippen LogP contribution in [-0.4, -0.2) is 53.5 Å². The lowest BCUT2D eigenvalue weighted by Gasteiger charge is -2.26. The molecular formula is C24H40N4O2. The van der Waals surface area contributed by atoms with E-state index in [0.717, 1.165) is 63.5 Å². The molecule has 1 fully saturated rings. The van der Waals surface area contributed by atoms with Crippen LogP contribution in [-0.2, 0) is 22.7 Å². The molecule has 1 aliphatic rings. The van der Waals surface area contributed by atoms with Gasteiger partial charge in [-0.25, -0.2) is 0 Å². The minimum absolute atomic E-state index is 0.459. The molecule has 6 heteroatoms. The van der Waals surface area contributed by atoms with Crippen LogP contribution in [0.15, 0.2) is 24.3 Å². The summed E-state index contributed by atoms with van der Waals surface area (Å²) in [6.45, 7) is 8.85. The van der Waals surface area contributed by atoms with Gasteiger partial charge >= 0.3 is 0 Å². The fourth-order valence-corrected chi connectivity index (χ4v) is 4.21. The lowest BCUT2D eigenvalue weighted by Crippen LogP contribution is -2.39. The first-order chi connectivity index (χ1) is 14.8. The summed E-state index contributed by atoms with van der Waals surface area (Å²) >= 11 is 0. The van der Waals surface area contributed by atoms with Gasteiger partial charge < -0.3 is 14.0 Å². The summed E-state index contributed by atoms with van der Waals surface area (Å²) < 4.78 is 15.5. The molecule has 0 radical (unpaired) electrons. The minimum Gasteiger partial charge on any atom is -0.379 e. The summed E-state index contributed by atoms with van der Waals surface area (Å²) in [7, 11) is 0. The van der Waals surface area contributed by atoms with Crippen molar-refractivity contribution in [1.29, 1.82) is 5.41 Å². The molecule has 1 aromatic carbocycles. The summed E-state index contributed by atoms with van der Waals surface area (Å²) in [4.78, 5) is 2.42. The molecule has 6 nitrogen and oxygen atoms in total. The second-order valence-corrected chi connectivity index (χ2v) is 8.36. The molecule has 3 rings (SSSR count). The quantitative estimate of drug-likeness (QED) is 0.465. The summed E-state index contributed by atoms with van der Waals surface area (Å²) in [6.07, 6.45) is 10.4. The average molecular weight is 417 g/mol. The van der Waals surface area contributed by atoms with Crippen molar-refractivity contribution in [2.45, 2.75) is 71.6 Å². The van der Waals surface area contributed by atoms with Gasteiger partial charge in [-0.05, 0) is 18.6 Å². The van der Waals surface area contributed by atoms with Crippen molar-refractivity contribution in [1.82, 2.24) is 14.0 Å². The first kappa shape index (κ1) is 23.0. The average Bonchev–Trinajstić information content (AvgIpc) is 3.05. The van der Waals surface area contributed by atoms with Crippen LogP contribution >= 0.6 is 0 Å². The molecular weight excluding hydrogens is 376 g/mol. The maximum atomic E-state index is 8.72. The number of imidazole rings is 1. The van der Waals surface area contributed by atoms with E-state index in [0.29, 0.717) is 12.3 Å². The number of para-hydroxylation sites is 2. The maximum absolute atomic E-state index is 8.72. The summed E-state index contributed by atoms with van der Waals surface area (Å²) in [5, 5.41) is 8.72. The molecule has 2 heterocycles. The summed E-state index contributed by atoms with van der Waals surface area (Å²) in [5.74, 6) is 0. The Labute approximate surface area is 181 Å². The van der Waals surface area contributed by atoms with Gasteiger partial charge in [0.25, 0.3) is 0 Å². The number of hydrogen-bond acceptors (Lipinski definition) is 4. The highest BCUT2D eigenvalue weighted by Crippen LogP contribution is 2.14. The zero-order valence-corrected chi connectivity index (χ0v) is 18.8. The van der Waals surface area contributed by atoms with Crippen molar-refractivity contribution >= 4 is 11.0 Å². The van der Waals surface area contributed by atoms with Crippen LogP contribution in [0, 0.1) is 5.41 Å². The molecule has 0 amide bonds. The third kappa shape index (κ3) is 6.69. The first-order valence-electron chi connectivity index (χ1n) is 11.9. The van der Waals surface area contributed by atoms with Gasteiger partial charge in [0.05, 0.1) is 24.2 Å². The second kappa shape index (κ2) is 12.9. The van der Waals surface area contributed by atoms with Crippen molar-refractivity contribution in [3.63, 3.8) is 0 Å². The van der Waals surface area contributed by atoms with Crippen molar-refractivity contribution in [3.8, 4) is 0 Å². The highest BCUT2D eigenvalue weighted by atomic mass is 16.5. The fraction of sp³-hybridized carbons (Fsp3) is 0.708. The van der Waals surface area contributed by atoms with E-state index in [1.54, 1.807) is 0 Å². The Morgan fingerprint density at radius 2 is 1.50 bits per heavy atom. The van der Waals surface area contributed by atoms with Crippen LogP contribution in [0.2, 0.25) is 0 Å². The van der Waals surface area contributed by atoms with E-state index in [-0.39, 0.29) is 0 Å². The van der Waals surface area contributed by atoms with Crippen molar-refractivity contribution in [3.05, 3.63) is 29.9 Å². The van der Waals surface area contributed by atoms with Gasteiger partial charge in [0, 0.05) is 32.8 Å². The predicted molar refractivity (Wildman–Crippen MR) is 122 cm³/mol. The van der Waals surface area contributed by atoms with Crippen LogP contribution in [0.1, 0.15) is 58.3 Å². The Balaban J connectivity index is 1.47. The molecule has 1 aromatic heterocycles. The zero-order chi connectivity index (χ0) is 21.0. The molecule has 0 aliphatic carbocycles. The van der Waals surface area contributed by atoms with Gasteiger partial charge in [-0.1, -0.05) is 64.0 Å². The van der Waals surface area contributed by atoms with Gasteiger partial charge in [0.15, 0.2) is 0 Å². The Bertz CT molecular complexity index is 792. The molecule has 30 heavy (non-hydrogen) atoms. The molecule has 0 atom stereocenters. The molecule has 0 bridgehead atoms. The monoisotopic (exact) mass is 416 g/mol. The number of nitrogens with one attached hydrogen (secondary N) is 1. The minimum atomic E-state index is 0.459. The molecule has 0 spiro atoms. The number of fused-ring (bicyclic) bond motifs is 1. The number of nitrogens with zero attached hydrogens (tertiary/aromatic N) is 3. The van der Waals surface area contributed by atoms with Crippen LogP contribution in [0.3, 0.4) is 0 Å². The third-order valence-electron chi connectivity index (χ3n) is 6.08. The molecule has 1 saturated heterocycles. The van der Waals surface area contributed by atoms with Gasteiger partial charge in [-0.2, -0.15) is 0 Å². The first-order valence-corrected chi connectivity index (χ1v) is 11.9. The fourth-order valence-electron chi connectivity index (χ4n) is 4.21. The molecule has 2 aromatic rings. The Hall–Kier alpha value is -1.63. The Kier molecular flexibility index (Phi) is 9.93. The van der Waals surface area contributed by atoms with Gasteiger partial charge in [0.1, 0.15) is 6.73 Å². The summed E-state index contributed by atoms with van der Waals surface area (Å²) in [5.41, 5.74) is 2.73. The van der Waals surface area contributed by atoms with Crippen LogP contribution in [0.5, 0.6) is 0 Å². The third-order valence-corrected chi connectivity index (χ3v) is 6.08. The number of rotatable bonds is 14. The molecule has 1 aliphatic heterocycles. The van der Waals surface area contributed by atoms with Crippen LogP contribution in [0.4, 0.5) is 0 Å². The molecule has 0 unspecified atom stereocenters. The highest BCUT2D eigenvalue weighted by Gasteiger charge is 2.14. The van der Waals surface area contributed by atoms with E-state index < -0.39 is 0 Å². The largest absolute Gasteiger partial charge is 0.379 e. The van der Waals surface area contributed by atoms with Crippen LogP contribution in [0.25, 0.3) is 11.0 Å². The van der Waals surface area contributed by atoms with Crippen molar-refractivity contribution < 1.29 is 9.47 Å². The number of morpholine rings is 1. The van der Waals surface area contributed by atoms with Gasteiger partial charge in [-0.3, -0.25) is 14.9 Å². The topological polar surface area (TPSA) is 55.4 Å².